The first-order valence-electron chi connectivity index (χ1n) is 2.88. The molecule has 0 spiro atoms. The Kier molecular flexibility index (Phi) is 2.25. The lowest BCUT2D eigenvalue weighted by Gasteiger charge is -1.99. The van der Waals surface area contributed by atoms with Crippen molar-refractivity contribution in [1.82, 2.24) is 0 Å². The Morgan fingerprint density at radius 3 is 2.60 bits per heavy atom. The Balaban J connectivity index is 2.81. The third-order valence-electron chi connectivity index (χ3n) is 1.21. The summed E-state index contributed by atoms with van der Waals surface area (Å²) in [6, 6.07) is 6.67. The summed E-state index contributed by atoms with van der Waals surface area (Å²) in [6.45, 7) is 0.0205. The Labute approximate surface area is 58.4 Å². The zero-order chi connectivity index (χ0) is 7.40. The van der Waals surface area contributed by atoms with Crippen molar-refractivity contribution in [3.8, 4) is 5.75 Å². The normalized spacial score (nSPS) is 9.70. The summed E-state index contributed by atoms with van der Waals surface area (Å²) < 4.78 is 0. The fourth-order valence-electron chi connectivity index (χ4n) is 0.702. The van der Waals surface area contributed by atoms with E-state index in [4.69, 9.17) is 10.4 Å². The summed E-state index contributed by atoms with van der Waals surface area (Å²) in [5.74, 6) is 0.136. The predicted molar refractivity (Wildman–Crippen MR) is 35.5 cm³/mol. The highest BCUT2D eigenvalue weighted by atomic mass is 17.1. The van der Waals surface area contributed by atoms with Gasteiger partial charge < -0.3 is 5.11 Å². The summed E-state index contributed by atoms with van der Waals surface area (Å²) in [5, 5.41) is 17.1. The van der Waals surface area contributed by atoms with Crippen molar-refractivity contribution in [3.05, 3.63) is 29.8 Å². The van der Waals surface area contributed by atoms with Gasteiger partial charge in [-0.15, -0.1) is 0 Å². The van der Waals surface area contributed by atoms with Crippen LogP contribution in [0, 0.1) is 0 Å². The highest BCUT2D eigenvalue weighted by molar-refractivity contribution is 5.30. The van der Waals surface area contributed by atoms with Gasteiger partial charge in [0.25, 0.3) is 0 Å². The minimum absolute atomic E-state index is 0.0205. The predicted octanol–water partition coefficient (Wildman–Crippen LogP) is 1.38. The van der Waals surface area contributed by atoms with Crippen LogP contribution >= 0.6 is 0 Å². The maximum atomic E-state index is 9.05. The molecule has 0 amide bonds. The zero-order valence-corrected chi connectivity index (χ0v) is 5.32. The van der Waals surface area contributed by atoms with Crippen LogP contribution in [0.2, 0.25) is 0 Å². The number of para-hydroxylation sites is 1. The maximum Gasteiger partial charge on any atom is 0.121 e. The molecule has 0 aliphatic carbocycles. The van der Waals surface area contributed by atoms with Gasteiger partial charge in [0.05, 0.1) is 0 Å². The SMILES string of the molecule is OOCc1ccccc1O. The van der Waals surface area contributed by atoms with E-state index in [0.717, 1.165) is 0 Å². The number of aromatic hydroxyl groups is 1. The highest BCUT2D eigenvalue weighted by Gasteiger charge is 1.96. The molecule has 10 heavy (non-hydrogen) atoms. The molecule has 3 heteroatoms. The topological polar surface area (TPSA) is 49.7 Å². The van der Waals surface area contributed by atoms with Crippen molar-refractivity contribution < 1.29 is 15.3 Å². The van der Waals surface area contributed by atoms with Crippen molar-refractivity contribution in [2.24, 2.45) is 0 Å². The van der Waals surface area contributed by atoms with Gasteiger partial charge >= 0.3 is 0 Å². The van der Waals surface area contributed by atoms with Crippen LogP contribution in [0.3, 0.4) is 0 Å². The fourth-order valence-corrected chi connectivity index (χ4v) is 0.702. The van der Waals surface area contributed by atoms with E-state index in [0.29, 0.717) is 5.56 Å². The largest absolute Gasteiger partial charge is 0.508 e. The first-order chi connectivity index (χ1) is 4.84. The van der Waals surface area contributed by atoms with E-state index in [1.165, 1.54) is 6.07 Å². The van der Waals surface area contributed by atoms with E-state index in [9.17, 15) is 0 Å². The number of benzene rings is 1. The molecule has 2 N–H and O–H groups in total. The minimum atomic E-state index is 0.0205. The molecule has 0 unspecified atom stereocenters. The van der Waals surface area contributed by atoms with Crippen LogP contribution in [0.4, 0.5) is 0 Å². The average Bonchev–Trinajstić information content (AvgIpc) is 1.94. The molecule has 0 bridgehead atoms. The second-order valence-electron chi connectivity index (χ2n) is 1.90. The van der Waals surface area contributed by atoms with Gasteiger partial charge in [0.15, 0.2) is 0 Å². The Bertz CT molecular complexity index is 210. The lowest BCUT2D eigenvalue weighted by atomic mass is 10.2. The molecule has 1 aromatic carbocycles. The molecule has 54 valence electrons. The van der Waals surface area contributed by atoms with Crippen molar-refractivity contribution in [2.75, 3.05) is 0 Å². The molecule has 0 saturated carbocycles. The van der Waals surface area contributed by atoms with Crippen LogP contribution in [-0.2, 0) is 11.5 Å². The van der Waals surface area contributed by atoms with Gasteiger partial charge in [0.1, 0.15) is 12.4 Å². The van der Waals surface area contributed by atoms with Crippen molar-refractivity contribution >= 4 is 0 Å². The molecule has 3 nitrogen and oxygen atoms in total. The number of hydrogen-bond donors (Lipinski definition) is 2. The first-order valence-corrected chi connectivity index (χ1v) is 2.88. The third-order valence-corrected chi connectivity index (χ3v) is 1.21. The number of rotatable bonds is 2. The summed E-state index contributed by atoms with van der Waals surface area (Å²) >= 11 is 0. The molecule has 0 aliphatic rings. The molecule has 0 aliphatic heterocycles. The van der Waals surface area contributed by atoms with Crippen molar-refractivity contribution in [2.45, 2.75) is 6.61 Å². The van der Waals surface area contributed by atoms with Crippen LogP contribution < -0.4 is 0 Å². The molecule has 0 radical (unpaired) electrons. The molecule has 0 aromatic heterocycles. The summed E-state index contributed by atoms with van der Waals surface area (Å²) in [7, 11) is 0. The van der Waals surface area contributed by atoms with E-state index >= 15 is 0 Å². The highest BCUT2D eigenvalue weighted by Crippen LogP contribution is 2.15. The lowest BCUT2D eigenvalue weighted by Crippen LogP contribution is -1.86. The standard InChI is InChI=1S/C7H8O3/c8-7-4-2-1-3-6(7)5-10-9/h1-4,8-9H,5H2. The Morgan fingerprint density at radius 2 is 2.00 bits per heavy atom. The van der Waals surface area contributed by atoms with Gasteiger partial charge in [-0.25, -0.2) is 4.89 Å². The Morgan fingerprint density at radius 1 is 1.30 bits per heavy atom. The zero-order valence-electron chi connectivity index (χ0n) is 5.32. The van der Waals surface area contributed by atoms with E-state index in [1.807, 2.05) is 0 Å². The minimum Gasteiger partial charge on any atom is -0.508 e. The number of phenols is 1. The van der Waals surface area contributed by atoms with E-state index < -0.39 is 0 Å². The number of hydrogen-bond acceptors (Lipinski definition) is 3. The molecule has 1 aromatic rings. The van der Waals surface area contributed by atoms with Crippen LogP contribution in [0.5, 0.6) is 5.75 Å². The fraction of sp³-hybridized carbons (Fsp3) is 0.143. The van der Waals surface area contributed by atoms with Crippen LogP contribution in [0.1, 0.15) is 5.56 Å². The van der Waals surface area contributed by atoms with Gasteiger partial charge in [0, 0.05) is 5.56 Å². The quantitative estimate of drug-likeness (QED) is 0.482. The molecule has 0 fully saturated rings. The van der Waals surface area contributed by atoms with Crippen molar-refractivity contribution in [3.63, 3.8) is 0 Å². The van der Waals surface area contributed by atoms with Gasteiger partial charge in [-0.1, -0.05) is 18.2 Å². The van der Waals surface area contributed by atoms with Gasteiger partial charge in [-0.2, -0.15) is 0 Å². The summed E-state index contributed by atoms with van der Waals surface area (Å²) in [4.78, 5) is 3.85. The molecule has 0 atom stereocenters. The van der Waals surface area contributed by atoms with Crippen molar-refractivity contribution in [1.29, 1.82) is 0 Å². The second kappa shape index (κ2) is 3.20. The Hall–Kier alpha value is -1.06. The molecular formula is C7H8O3. The molecule has 0 heterocycles. The maximum absolute atomic E-state index is 9.05. The molecule has 1 rings (SSSR count). The summed E-state index contributed by atoms with van der Waals surface area (Å²) in [5.41, 5.74) is 0.574. The van der Waals surface area contributed by atoms with Crippen LogP contribution in [-0.4, -0.2) is 10.4 Å². The average molecular weight is 140 g/mol. The van der Waals surface area contributed by atoms with Crippen LogP contribution in [0.15, 0.2) is 24.3 Å². The third kappa shape index (κ3) is 1.46. The van der Waals surface area contributed by atoms with E-state index in [-0.39, 0.29) is 12.4 Å². The van der Waals surface area contributed by atoms with Crippen LogP contribution in [0.25, 0.3) is 0 Å². The smallest absolute Gasteiger partial charge is 0.121 e. The number of phenolic OH excluding ortho intramolecular Hbond substituents is 1. The van der Waals surface area contributed by atoms with E-state index in [2.05, 4.69) is 4.89 Å². The molecular weight excluding hydrogens is 132 g/mol. The van der Waals surface area contributed by atoms with Gasteiger partial charge in [-0.05, 0) is 6.07 Å². The van der Waals surface area contributed by atoms with Gasteiger partial charge in [0.2, 0.25) is 0 Å². The molecule has 0 saturated heterocycles. The monoisotopic (exact) mass is 140 g/mol. The second-order valence-corrected chi connectivity index (χ2v) is 1.90. The first kappa shape index (κ1) is 7.05. The lowest BCUT2D eigenvalue weighted by molar-refractivity contribution is -0.253. The van der Waals surface area contributed by atoms with Gasteiger partial charge in [-0.3, -0.25) is 5.26 Å². The summed E-state index contributed by atoms with van der Waals surface area (Å²) in [6.07, 6.45) is 0. The van der Waals surface area contributed by atoms with E-state index in [1.54, 1.807) is 18.2 Å².